The van der Waals surface area contributed by atoms with Crippen molar-refractivity contribution in [3.05, 3.63) is 104 Å². The molecule has 1 amide bonds. The molecule has 0 unspecified atom stereocenters. The summed E-state index contributed by atoms with van der Waals surface area (Å²) >= 11 is 15.3. The number of benzene rings is 3. The molecule has 0 bridgehead atoms. The molecule has 4 nitrogen and oxygen atoms in total. The van der Waals surface area contributed by atoms with Crippen molar-refractivity contribution in [2.45, 2.75) is 5.60 Å². The van der Waals surface area contributed by atoms with E-state index in [2.05, 4.69) is 26.5 Å². The highest BCUT2D eigenvalue weighted by Gasteiger charge is 2.40. The monoisotopic (exact) mass is 476 g/mol. The Balaban J connectivity index is 1.93. The van der Waals surface area contributed by atoms with E-state index in [9.17, 15) is 9.90 Å². The fraction of sp³-hybridized carbons (Fsp3) is 0.0476. The Morgan fingerprint density at radius 2 is 1.50 bits per heavy atom. The van der Waals surface area contributed by atoms with Crippen LogP contribution in [0.3, 0.4) is 0 Å². The molecule has 3 aromatic rings. The first kappa shape index (κ1) is 20.6. The molecule has 7 heteroatoms. The van der Waals surface area contributed by atoms with E-state index < -0.39 is 11.5 Å². The number of aliphatic hydroxyl groups is 1. The number of hydrogen-bond acceptors (Lipinski definition) is 3. The van der Waals surface area contributed by atoms with Crippen molar-refractivity contribution in [3.8, 4) is 0 Å². The lowest BCUT2D eigenvalue weighted by atomic mass is 9.85. The second kappa shape index (κ2) is 8.88. The predicted molar refractivity (Wildman–Crippen MR) is 116 cm³/mol. The molecule has 0 saturated heterocycles. The highest BCUT2D eigenvalue weighted by molar-refractivity contribution is 9.10. The molecule has 0 atom stereocenters. The minimum absolute atomic E-state index is 0.356. The Hall–Kier alpha value is -2.18. The number of nitrogens with one attached hydrogen (secondary N) is 1. The number of nitrogens with zero attached hydrogens (tertiary/aromatic N) is 1. The van der Waals surface area contributed by atoms with Gasteiger partial charge in [-0.15, -0.1) is 0 Å². The molecular formula is C21H15BrCl2N2O2. The standard InChI is InChI=1S/C21H15BrCl2N2O2/c22-17-3-1-2-14(12-17)13-25-26-20(27)21(28,15-4-8-18(23)9-5-15)16-6-10-19(24)11-7-16/h1-13,28H,(H,26,27)/b25-13+. The van der Waals surface area contributed by atoms with Crippen LogP contribution in [0, 0.1) is 0 Å². The maximum absolute atomic E-state index is 12.9. The Kier molecular flexibility index (Phi) is 6.52. The number of carbonyl (C=O) groups is 1. The summed E-state index contributed by atoms with van der Waals surface area (Å²) < 4.78 is 0.890. The second-order valence-corrected chi connectivity index (χ2v) is 7.77. The van der Waals surface area contributed by atoms with E-state index in [4.69, 9.17) is 23.2 Å². The molecule has 2 N–H and O–H groups in total. The summed E-state index contributed by atoms with van der Waals surface area (Å²) in [5, 5.41) is 16.3. The minimum Gasteiger partial charge on any atom is -0.372 e. The van der Waals surface area contributed by atoms with Crippen molar-refractivity contribution in [1.29, 1.82) is 0 Å². The van der Waals surface area contributed by atoms with Gasteiger partial charge in [-0.2, -0.15) is 5.10 Å². The average molecular weight is 478 g/mol. The van der Waals surface area contributed by atoms with E-state index in [1.165, 1.54) is 6.21 Å². The molecule has 0 radical (unpaired) electrons. The molecule has 0 aliphatic carbocycles. The summed E-state index contributed by atoms with van der Waals surface area (Å²) in [5.41, 5.74) is 1.95. The maximum Gasteiger partial charge on any atom is 0.281 e. The van der Waals surface area contributed by atoms with Gasteiger partial charge in [0.25, 0.3) is 5.91 Å². The topological polar surface area (TPSA) is 61.7 Å². The minimum atomic E-state index is -1.97. The van der Waals surface area contributed by atoms with Gasteiger partial charge in [-0.05, 0) is 53.1 Å². The molecule has 0 fully saturated rings. The summed E-state index contributed by atoms with van der Waals surface area (Å²) in [5.74, 6) is -0.705. The van der Waals surface area contributed by atoms with E-state index in [-0.39, 0.29) is 0 Å². The van der Waals surface area contributed by atoms with Crippen LogP contribution in [0.5, 0.6) is 0 Å². The molecule has 3 rings (SSSR count). The predicted octanol–water partition coefficient (Wildman–Crippen LogP) is 5.14. The van der Waals surface area contributed by atoms with Crippen LogP contribution in [-0.4, -0.2) is 17.2 Å². The number of rotatable bonds is 5. The van der Waals surface area contributed by atoms with Crippen LogP contribution in [0.2, 0.25) is 10.0 Å². The van der Waals surface area contributed by atoms with Crippen molar-refractivity contribution in [1.82, 2.24) is 5.43 Å². The summed E-state index contributed by atoms with van der Waals surface area (Å²) in [4.78, 5) is 12.9. The fourth-order valence-electron chi connectivity index (χ4n) is 2.64. The molecule has 0 aromatic heterocycles. The zero-order valence-electron chi connectivity index (χ0n) is 14.4. The quantitative estimate of drug-likeness (QED) is 0.394. The van der Waals surface area contributed by atoms with Crippen LogP contribution < -0.4 is 5.43 Å². The number of amides is 1. The zero-order chi connectivity index (χ0) is 20.1. The van der Waals surface area contributed by atoms with Crippen molar-refractivity contribution < 1.29 is 9.90 Å². The van der Waals surface area contributed by atoms with E-state index >= 15 is 0 Å². The van der Waals surface area contributed by atoms with Gasteiger partial charge < -0.3 is 5.11 Å². The lowest BCUT2D eigenvalue weighted by Crippen LogP contribution is -2.43. The van der Waals surface area contributed by atoms with Gasteiger partial charge in [-0.25, -0.2) is 5.43 Å². The first-order valence-electron chi connectivity index (χ1n) is 8.23. The molecule has 0 spiro atoms. The number of hydrazone groups is 1. The van der Waals surface area contributed by atoms with Crippen molar-refractivity contribution in [2.75, 3.05) is 0 Å². The van der Waals surface area contributed by atoms with Crippen molar-refractivity contribution in [2.24, 2.45) is 5.10 Å². The summed E-state index contributed by atoms with van der Waals surface area (Å²) in [7, 11) is 0. The lowest BCUT2D eigenvalue weighted by molar-refractivity contribution is -0.136. The molecule has 0 saturated carbocycles. The van der Waals surface area contributed by atoms with Crippen molar-refractivity contribution >= 4 is 51.3 Å². The normalized spacial score (nSPS) is 11.6. The first-order valence-corrected chi connectivity index (χ1v) is 9.78. The highest BCUT2D eigenvalue weighted by Crippen LogP contribution is 2.31. The van der Waals surface area contributed by atoms with E-state index in [1.807, 2.05) is 24.3 Å². The largest absolute Gasteiger partial charge is 0.372 e. The number of halogens is 3. The van der Waals surface area contributed by atoms with Crippen LogP contribution in [0.4, 0.5) is 0 Å². The van der Waals surface area contributed by atoms with Gasteiger partial charge in [0.05, 0.1) is 6.21 Å². The van der Waals surface area contributed by atoms with Crippen molar-refractivity contribution in [3.63, 3.8) is 0 Å². The Bertz CT molecular complexity index is 960. The second-order valence-electron chi connectivity index (χ2n) is 5.98. The summed E-state index contributed by atoms with van der Waals surface area (Å²) in [6.07, 6.45) is 1.49. The van der Waals surface area contributed by atoms with Gasteiger partial charge in [0.1, 0.15) is 0 Å². The maximum atomic E-state index is 12.9. The lowest BCUT2D eigenvalue weighted by Gasteiger charge is -2.27. The number of carbonyl (C=O) groups excluding carboxylic acids is 1. The molecule has 28 heavy (non-hydrogen) atoms. The molecule has 0 aliphatic rings. The van der Waals surface area contributed by atoms with Crippen LogP contribution in [0.25, 0.3) is 0 Å². The third-order valence-corrected chi connectivity index (χ3v) is 5.08. The van der Waals surface area contributed by atoms with Gasteiger partial charge in [0, 0.05) is 14.5 Å². The first-order chi connectivity index (χ1) is 13.4. The smallest absolute Gasteiger partial charge is 0.281 e. The van der Waals surface area contributed by atoms with E-state index in [0.717, 1.165) is 10.0 Å². The van der Waals surface area contributed by atoms with Crippen LogP contribution >= 0.6 is 39.1 Å². The van der Waals surface area contributed by atoms with Gasteiger partial charge in [-0.3, -0.25) is 4.79 Å². The zero-order valence-corrected chi connectivity index (χ0v) is 17.5. The number of hydrogen-bond donors (Lipinski definition) is 2. The van der Waals surface area contributed by atoms with Gasteiger partial charge in [0.2, 0.25) is 0 Å². The Labute approximate surface area is 180 Å². The van der Waals surface area contributed by atoms with Crippen LogP contribution in [0.15, 0.2) is 82.4 Å². The van der Waals surface area contributed by atoms with E-state index in [0.29, 0.717) is 21.2 Å². The fourth-order valence-corrected chi connectivity index (χ4v) is 3.31. The highest BCUT2D eigenvalue weighted by atomic mass is 79.9. The van der Waals surface area contributed by atoms with Gasteiger partial charge in [0.15, 0.2) is 5.60 Å². The third kappa shape index (κ3) is 4.62. The van der Waals surface area contributed by atoms with Crippen LogP contribution in [-0.2, 0) is 10.4 Å². The van der Waals surface area contributed by atoms with Gasteiger partial charge >= 0.3 is 0 Å². The molecule has 0 heterocycles. The van der Waals surface area contributed by atoms with Crippen LogP contribution in [0.1, 0.15) is 16.7 Å². The Morgan fingerprint density at radius 3 is 2.00 bits per heavy atom. The average Bonchev–Trinajstić information content (AvgIpc) is 2.68. The molecular weight excluding hydrogens is 463 g/mol. The van der Waals surface area contributed by atoms with Gasteiger partial charge in [-0.1, -0.05) is 75.5 Å². The summed E-state index contributed by atoms with van der Waals surface area (Å²) in [6, 6.07) is 20.2. The third-order valence-electron chi connectivity index (χ3n) is 4.08. The Morgan fingerprint density at radius 1 is 0.964 bits per heavy atom. The summed E-state index contributed by atoms with van der Waals surface area (Å²) in [6.45, 7) is 0. The van der Waals surface area contributed by atoms with E-state index in [1.54, 1.807) is 48.5 Å². The molecule has 142 valence electrons. The SMILES string of the molecule is O=C(N/N=C/c1cccc(Br)c1)C(O)(c1ccc(Cl)cc1)c1ccc(Cl)cc1. The molecule has 0 aliphatic heterocycles. The molecule has 3 aromatic carbocycles.